The van der Waals surface area contributed by atoms with Gasteiger partial charge in [-0.05, 0) is 29.8 Å². The molecule has 0 amide bonds. The molecule has 0 saturated heterocycles. The standard InChI is InChI=1S/C21H22Cl2N2O3/c1-26-18-5-2-16(3-6-18)14-27-10-11-28-21(13-25-9-8-24-15-25)19-7-4-17(22)12-20(19)23/h2-9,12,15,21H,10-11,13-14H2,1H3. The monoisotopic (exact) mass is 420 g/mol. The molecule has 3 aromatic rings. The molecular weight excluding hydrogens is 399 g/mol. The molecule has 7 heteroatoms. The Morgan fingerprint density at radius 2 is 1.89 bits per heavy atom. The van der Waals surface area contributed by atoms with Crippen molar-refractivity contribution in [2.24, 2.45) is 0 Å². The summed E-state index contributed by atoms with van der Waals surface area (Å²) in [6.45, 7) is 2.02. The zero-order valence-electron chi connectivity index (χ0n) is 15.6. The molecule has 0 aliphatic carbocycles. The normalized spacial score (nSPS) is 12.1. The summed E-state index contributed by atoms with van der Waals surface area (Å²) in [6.07, 6.45) is 5.14. The molecule has 0 radical (unpaired) electrons. The summed E-state index contributed by atoms with van der Waals surface area (Å²) < 4.78 is 18.9. The van der Waals surface area contributed by atoms with Gasteiger partial charge in [0.1, 0.15) is 11.9 Å². The number of halogens is 2. The lowest BCUT2D eigenvalue weighted by molar-refractivity contribution is -0.00752. The zero-order valence-corrected chi connectivity index (χ0v) is 17.1. The van der Waals surface area contributed by atoms with Gasteiger partial charge in [-0.1, -0.05) is 41.4 Å². The second kappa shape index (κ2) is 10.5. The Kier molecular flexibility index (Phi) is 7.74. The van der Waals surface area contributed by atoms with E-state index < -0.39 is 0 Å². The van der Waals surface area contributed by atoms with E-state index in [0.717, 1.165) is 16.9 Å². The summed E-state index contributed by atoms with van der Waals surface area (Å²) >= 11 is 12.4. The molecule has 0 aliphatic heterocycles. The predicted molar refractivity (Wildman–Crippen MR) is 110 cm³/mol. The second-order valence-electron chi connectivity index (χ2n) is 6.19. The molecule has 0 fully saturated rings. The Labute approximate surface area is 174 Å². The van der Waals surface area contributed by atoms with Crippen LogP contribution in [0.15, 0.2) is 61.2 Å². The summed E-state index contributed by atoms with van der Waals surface area (Å²) in [6, 6.07) is 13.2. The average Bonchev–Trinajstić information content (AvgIpc) is 3.21. The van der Waals surface area contributed by atoms with Gasteiger partial charge in [0, 0.05) is 28.0 Å². The van der Waals surface area contributed by atoms with Crippen LogP contribution < -0.4 is 4.74 Å². The number of nitrogens with zero attached hydrogens (tertiary/aromatic N) is 2. The fourth-order valence-corrected chi connectivity index (χ4v) is 3.28. The van der Waals surface area contributed by atoms with Gasteiger partial charge in [0.2, 0.25) is 0 Å². The van der Waals surface area contributed by atoms with E-state index in [1.807, 2.05) is 47.2 Å². The fraction of sp³-hybridized carbons (Fsp3) is 0.286. The Morgan fingerprint density at radius 1 is 1.07 bits per heavy atom. The third-order valence-corrected chi connectivity index (χ3v) is 4.78. The van der Waals surface area contributed by atoms with E-state index in [1.54, 1.807) is 25.7 Å². The Hall–Kier alpha value is -2.05. The summed E-state index contributed by atoms with van der Waals surface area (Å²) in [5.41, 5.74) is 1.96. The minimum atomic E-state index is -0.233. The van der Waals surface area contributed by atoms with Crippen molar-refractivity contribution in [3.8, 4) is 5.75 Å². The van der Waals surface area contributed by atoms with E-state index in [2.05, 4.69) is 4.98 Å². The lowest BCUT2D eigenvalue weighted by Crippen LogP contribution is -2.15. The van der Waals surface area contributed by atoms with Crippen LogP contribution in [0.2, 0.25) is 10.0 Å². The molecule has 0 N–H and O–H groups in total. The Balaban J connectivity index is 1.53. The first-order valence-corrected chi connectivity index (χ1v) is 9.64. The molecule has 1 unspecified atom stereocenters. The largest absolute Gasteiger partial charge is 0.497 e. The molecule has 0 spiro atoms. The maximum Gasteiger partial charge on any atom is 0.118 e. The Morgan fingerprint density at radius 3 is 2.57 bits per heavy atom. The molecule has 1 aromatic heterocycles. The molecule has 0 bridgehead atoms. The fourth-order valence-electron chi connectivity index (χ4n) is 2.75. The first-order chi connectivity index (χ1) is 13.7. The predicted octanol–water partition coefficient (Wildman–Crippen LogP) is 5.17. The van der Waals surface area contributed by atoms with Crippen LogP contribution >= 0.6 is 23.2 Å². The van der Waals surface area contributed by atoms with Crippen LogP contribution in [0.3, 0.4) is 0 Å². The highest BCUT2D eigenvalue weighted by Crippen LogP contribution is 2.29. The van der Waals surface area contributed by atoms with Crippen LogP contribution in [0.4, 0.5) is 0 Å². The molecule has 148 valence electrons. The Bertz CT molecular complexity index is 855. The van der Waals surface area contributed by atoms with Gasteiger partial charge in [-0.2, -0.15) is 0 Å². The molecular formula is C21H22Cl2N2O3. The number of rotatable bonds is 10. The molecule has 0 aliphatic rings. The highest BCUT2D eigenvalue weighted by molar-refractivity contribution is 6.35. The first kappa shape index (κ1) is 20.7. The van der Waals surface area contributed by atoms with E-state index in [-0.39, 0.29) is 6.10 Å². The highest BCUT2D eigenvalue weighted by Gasteiger charge is 2.16. The van der Waals surface area contributed by atoms with Crippen molar-refractivity contribution in [2.45, 2.75) is 19.3 Å². The molecule has 5 nitrogen and oxygen atoms in total. The molecule has 3 rings (SSSR count). The SMILES string of the molecule is COc1ccc(COCCOC(Cn2ccnc2)c2ccc(Cl)cc2Cl)cc1. The third-order valence-electron chi connectivity index (χ3n) is 4.22. The lowest BCUT2D eigenvalue weighted by atomic mass is 10.1. The molecule has 28 heavy (non-hydrogen) atoms. The molecule has 1 heterocycles. The number of hydrogen-bond donors (Lipinski definition) is 0. The van der Waals surface area contributed by atoms with Gasteiger partial charge in [-0.15, -0.1) is 0 Å². The van der Waals surface area contributed by atoms with Gasteiger partial charge >= 0.3 is 0 Å². The van der Waals surface area contributed by atoms with Gasteiger partial charge in [-0.25, -0.2) is 4.98 Å². The highest BCUT2D eigenvalue weighted by atomic mass is 35.5. The van der Waals surface area contributed by atoms with Gasteiger partial charge in [-0.3, -0.25) is 0 Å². The maximum absolute atomic E-state index is 6.38. The number of aromatic nitrogens is 2. The third kappa shape index (κ3) is 5.97. The lowest BCUT2D eigenvalue weighted by Gasteiger charge is -2.20. The van der Waals surface area contributed by atoms with Crippen molar-refractivity contribution in [3.63, 3.8) is 0 Å². The van der Waals surface area contributed by atoms with Crippen molar-refractivity contribution in [2.75, 3.05) is 20.3 Å². The minimum Gasteiger partial charge on any atom is -0.497 e. The molecule has 2 aromatic carbocycles. The maximum atomic E-state index is 6.38. The van der Waals surface area contributed by atoms with Gasteiger partial charge in [0.25, 0.3) is 0 Å². The smallest absolute Gasteiger partial charge is 0.118 e. The first-order valence-electron chi connectivity index (χ1n) is 8.88. The van der Waals surface area contributed by atoms with Crippen LogP contribution in [0.5, 0.6) is 5.75 Å². The zero-order chi connectivity index (χ0) is 19.8. The second-order valence-corrected chi connectivity index (χ2v) is 7.03. The van der Waals surface area contributed by atoms with Crippen molar-refractivity contribution >= 4 is 23.2 Å². The van der Waals surface area contributed by atoms with Crippen LogP contribution in [0.25, 0.3) is 0 Å². The number of hydrogen-bond acceptors (Lipinski definition) is 4. The number of imidazole rings is 1. The van der Waals surface area contributed by atoms with Crippen molar-refractivity contribution in [3.05, 3.63) is 82.4 Å². The number of benzene rings is 2. The van der Waals surface area contributed by atoms with Crippen molar-refractivity contribution in [1.82, 2.24) is 9.55 Å². The summed E-state index contributed by atoms with van der Waals surface area (Å²) in [5, 5.41) is 1.18. The van der Waals surface area contributed by atoms with Crippen LogP contribution in [-0.4, -0.2) is 29.9 Å². The van der Waals surface area contributed by atoms with Crippen LogP contribution in [0, 0.1) is 0 Å². The topological polar surface area (TPSA) is 45.5 Å². The summed E-state index contributed by atoms with van der Waals surface area (Å²) in [5.74, 6) is 0.828. The number of methoxy groups -OCH3 is 1. The summed E-state index contributed by atoms with van der Waals surface area (Å²) in [4.78, 5) is 4.08. The van der Waals surface area contributed by atoms with Gasteiger partial charge < -0.3 is 18.8 Å². The van der Waals surface area contributed by atoms with Gasteiger partial charge in [0.05, 0.1) is 39.8 Å². The number of ether oxygens (including phenoxy) is 3. The van der Waals surface area contributed by atoms with E-state index in [4.69, 9.17) is 37.4 Å². The van der Waals surface area contributed by atoms with E-state index in [1.165, 1.54) is 0 Å². The summed E-state index contributed by atoms with van der Waals surface area (Å²) in [7, 11) is 1.65. The quantitative estimate of drug-likeness (QED) is 0.424. The van der Waals surface area contributed by atoms with E-state index in [9.17, 15) is 0 Å². The molecule has 1 atom stereocenters. The van der Waals surface area contributed by atoms with Crippen LogP contribution in [-0.2, 0) is 22.6 Å². The average molecular weight is 421 g/mol. The minimum absolute atomic E-state index is 0.233. The van der Waals surface area contributed by atoms with Gasteiger partial charge in [0.15, 0.2) is 0 Å². The van der Waals surface area contributed by atoms with E-state index >= 15 is 0 Å². The van der Waals surface area contributed by atoms with Crippen molar-refractivity contribution < 1.29 is 14.2 Å². The van der Waals surface area contributed by atoms with Crippen LogP contribution in [0.1, 0.15) is 17.2 Å². The van der Waals surface area contributed by atoms with Crippen molar-refractivity contribution in [1.29, 1.82) is 0 Å². The van der Waals surface area contributed by atoms with E-state index in [0.29, 0.717) is 36.4 Å². The molecule has 0 saturated carbocycles.